The molecule has 7 nitrogen and oxygen atoms in total. The van der Waals surface area contributed by atoms with Gasteiger partial charge in [0.05, 0.1) is 17.1 Å². The number of benzene rings is 1. The molecule has 2 heterocycles. The number of carbonyl (C=O) groups excluding carboxylic acids is 2. The summed E-state index contributed by atoms with van der Waals surface area (Å²) in [7, 11) is 0. The van der Waals surface area contributed by atoms with Gasteiger partial charge in [-0.2, -0.15) is 0 Å². The molecule has 0 unspecified atom stereocenters. The first kappa shape index (κ1) is 18.4. The summed E-state index contributed by atoms with van der Waals surface area (Å²) in [6, 6.07) is 7.27. The first-order valence-corrected chi connectivity index (χ1v) is 9.29. The van der Waals surface area contributed by atoms with Crippen molar-refractivity contribution in [3.05, 3.63) is 30.2 Å². The summed E-state index contributed by atoms with van der Waals surface area (Å²) < 4.78 is 5.62. The predicted octanol–water partition coefficient (Wildman–Crippen LogP) is 3.22. The number of para-hydroxylation sites is 2. The fourth-order valence-corrected chi connectivity index (χ4v) is 3.27. The zero-order valence-electron chi connectivity index (χ0n) is 15.5. The summed E-state index contributed by atoms with van der Waals surface area (Å²) in [5, 5.41) is 11.2. The summed E-state index contributed by atoms with van der Waals surface area (Å²) in [4.78, 5) is 26.9. The number of amides is 2. The number of hydrogen-bond donors (Lipinski definition) is 1. The van der Waals surface area contributed by atoms with E-state index in [1.54, 1.807) is 19.9 Å². The molecule has 2 amide bonds. The molecule has 0 radical (unpaired) electrons. The van der Waals surface area contributed by atoms with Gasteiger partial charge in [-0.15, -0.1) is 10.2 Å². The topological polar surface area (TPSA) is 88.3 Å². The van der Waals surface area contributed by atoms with Gasteiger partial charge < -0.3 is 9.73 Å². The number of rotatable bonds is 3. The van der Waals surface area contributed by atoms with Crippen LogP contribution in [0.2, 0.25) is 0 Å². The highest BCUT2D eigenvalue weighted by Gasteiger charge is 2.43. The number of aromatic nitrogens is 2. The second-order valence-corrected chi connectivity index (χ2v) is 8.60. The SMILES string of the molecule is CC(C)(C)c1nnc(SCC(=O)N2c3ccccc3NC(=O)C2(C)C)o1. The molecule has 0 fully saturated rings. The Morgan fingerprint density at radius 1 is 1.27 bits per heavy atom. The molecule has 0 bridgehead atoms. The molecule has 138 valence electrons. The van der Waals surface area contributed by atoms with Gasteiger partial charge in [0.2, 0.25) is 17.7 Å². The van der Waals surface area contributed by atoms with Gasteiger partial charge in [-0.1, -0.05) is 44.7 Å². The summed E-state index contributed by atoms with van der Waals surface area (Å²) in [6.45, 7) is 9.39. The average molecular weight is 374 g/mol. The Morgan fingerprint density at radius 2 is 1.96 bits per heavy atom. The molecule has 0 saturated heterocycles. The Kier molecular flexibility index (Phi) is 4.56. The lowest BCUT2D eigenvalue weighted by Crippen LogP contribution is -2.58. The summed E-state index contributed by atoms with van der Waals surface area (Å²) in [5.41, 5.74) is 0.0747. The second kappa shape index (κ2) is 6.42. The normalized spacial score (nSPS) is 16.2. The van der Waals surface area contributed by atoms with Crippen LogP contribution in [-0.4, -0.2) is 33.3 Å². The van der Waals surface area contributed by atoms with Crippen LogP contribution in [-0.2, 0) is 15.0 Å². The molecule has 0 atom stereocenters. The van der Waals surface area contributed by atoms with Crippen LogP contribution in [0.4, 0.5) is 11.4 Å². The molecule has 1 N–H and O–H groups in total. The van der Waals surface area contributed by atoms with E-state index in [1.807, 2.05) is 39.0 Å². The van der Waals surface area contributed by atoms with Crippen molar-refractivity contribution in [1.29, 1.82) is 0 Å². The molecule has 8 heteroatoms. The minimum absolute atomic E-state index is 0.0941. The van der Waals surface area contributed by atoms with Crippen molar-refractivity contribution < 1.29 is 14.0 Å². The smallest absolute Gasteiger partial charge is 0.277 e. The van der Waals surface area contributed by atoms with Gasteiger partial charge in [-0.25, -0.2) is 0 Å². The van der Waals surface area contributed by atoms with Crippen molar-refractivity contribution in [2.45, 2.75) is 50.8 Å². The molecular formula is C18H22N4O3S. The highest BCUT2D eigenvalue weighted by Crippen LogP contribution is 2.37. The lowest BCUT2D eigenvalue weighted by atomic mass is 9.96. The zero-order chi connectivity index (χ0) is 19.1. The largest absolute Gasteiger partial charge is 0.415 e. The van der Waals surface area contributed by atoms with E-state index in [9.17, 15) is 9.59 Å². The number of carbonyl (C=O) groups is 2. The Labute approximate surface area is 156 Å². The van der Waals surface area contributed by atoms with Crippen LogP contribution in [0.1, 0.15) is 40.5 Å². The van der Waals surface area contributed by atoms with E-state index >= 15 is 0 Å². The van der Waals surface area contributed by atoms with Crippen molar-refractivity contribution in [2.24, 2.45) is 0 Å². The van der Waals surface area contributed by atoms with Gasteiger partial charge >= 0.3 is 0 Å². The minimum Gasteiger partial charge on any atom is -0.415 e. The molecule has 1 aromatic carbocycles. The van der Waals surface area contributed by atoms with Crippen LogP contribution >= 0.6 is 11.8 Å². The molecule has 26 heavy (non-hydrogen) atoms. The first-order chi connectivity index (χ1) is 12.1. The number of fused-ring (bicyclic) bond motifs is 1. The number of nitrogens with zero attached hydrogens (tertiary/aromatic N) is 3. The number of anilines is 2. The quantitative estimate of drug-likeness (QED) is 0.830. The fourth-order valence-electron chi connectivity index (χ4n) is 2.66. The fraction of sp³-hybridized carbons (Fsp3) is 0.444. The Morgan fingerprint density at radius 3 is 2.62 bits per heavy atom. The molecule has 0 aliphatic carbocycles. The maximum absolute atomic E-state index is 12.9. The standard InChI is InChI=1S/C18H22N4O3S/c1-17(2,3)15-20-21-16(25-15)26-10-13(23)22-12-9-7-6-8-11(12)19-14(24)18(22,4)5/h6-9H,10H2,1-5H3,(H,19,24). The van der Waals surface area contributed by atoms with E-state index in [0.29, 0.717) is 22.5 Å². The van der Waals surface area contributed by atoms with Gasteiger partial charge in [-0.3, -0.25) is 14.5 Å². The third kappa shape index (κ3) is 3.33. The number of nitrogens with one attached hydrogen (secondary N) is 1. The molecule has 3 rings (SSSR count). The van der Waals surface area contributed by atoms with Crippen LogP contribution < -0.4 is 10.2 Å². The van der Waals surface area contributed by atoms with E-state index in [0.717, 1.165) is 0 Å². The Balaban J connectivity index is 1.80. The van der Waals surface area contributed by atoms with E-state index < -0.39 is 5.54 Å². The molecule has 2 aromatic rings. The van der Waals surface area contributed by atoms with Gasteiger partial charge in [-0.05, 0) is 26.0 Å². The van der Waals surface area contributed by atoms with Gasteiger partial charge in [0.15, 0.2) is 0 Å². The molecule has 1 aromatic heterocycles. The number of hydrogen-bond acceptors (Lipinski definition) is 6. The molecule has 1 aliphatic heterocycles. The predicted molar refractivity (Wildman–Crippen MR) is 100 cm³/mol. The molecule has 1 aliphatic rings. The third-order valence-electron chi connectivity index (χ3n) is 4.12. The molecular weight excluding hydrogens is 352 g/mol. The summed E-state index contributed by atoms with van der Waals surface area (Å²) in [6.07, 6.45) is 0. The van der Waals surface area contributed by atoms with Crippen molar-refractivity contribution in [3.8, 4) is 0 Å². The monoisotopic (exact) mass is 374 g/mol. The minimum atomic E-state index is -0.989. The van der Waals surface area contributed by atoms with E-state index in [2.05, 4.69) is 15.5 Å². The van der Waals surface area contributed by atoms with Gasteiger partial charge in [0.25, 0.3) is 5.22 Å². The van der Waals surface area contributed by atoms with E-state index in [1.165, 1.54) is 16.7 Å². The maximum atomic E-state index is 12.9. The van der Waals surface area contributed by atoms with Crippen LogP contribution in [0.15, 0.2) is 33.9 Å². The van der Waals surface area contributed by atoms with Crippen molar-refractivity contribution >= 4 is 35.0 Å². The van der Waals surface area contributed by atoms with Gasteiger partial charge in [0, 0.05) is 5.41 Å². The third-order valence-corrected chi connectivity index (χ3v) is 4.93. The van der Waals surface area contributed by atoms with Crippen LogP contribution in [0.3, 0.4) is 0 Å². The van der Waals surface area contributed by atoms with Crippen molar-refractivity contribution in [2.75, 3.05) is 16.0 Å². The first-order valence-electron chi connectivity index (χ1n) is 8.31. The molecule has 0 spiro atoms. The summed E-state index contributed by atoms with van der Waals surface area (Å²) in [5.74, 6) is 0.201. The Bertz CT molecular complexity index is 854. The molecule has 0 saturated carbocycles. The lowest BCUT2D eigenvalue weighted by molar-refractivity contribution is -0.125. The highest BCUT2D eigenvalue weighted by atomic mass is 32.2. The van der Waals surface area contributed by atoms with Crippen LogP contribution in [0, 0.1) is 0 Å². The maximum Gasteiger partial charge on any atom is 0.277 e. The van der Waals surface area contributed by atoms with Crippen LogP contribution in [0.25, 0.3) is 0 Å². The van der Waals surface area contributed by atoms with E-state index in [-0.39, 0.29) is 23.0 Å². The van der Waals surface area contributed by atoms with Crippen LogP contribution in [0.5, 0.6) is 0 Å². The zero-order valence-corrected chi connectivity index (χ0v) is 16.3. The second-order valence-electron chi connectivity index (χ2n) is 7.67. The van der Waals surface area contributed by atoms with Crippen molar-refractivity contribution in [1.82, 2.24) is 10.2 Å². The Hall–Kier alpha value is -2.35. The summed E-state index contributed by atoms with van der Waals surface area (Å²) >= 11 is 1.17. The lowest BCUT2D eigenvalue weighted by Gasteiger charge is -2.42. The van der Waals surface area contributed by atoms with Crippen molar-refractivity contribution in [3.63, 3.8) is 0 Å². The number of thioether (sulfide) groups is 1. The van der Waals surface area contributed by atoms with Gasteiger partial charge in [0.1, 0.15) is 5.54 Å². The average Bonchev–Trinajstić information content (AvgIpc) is 3.03. The highest BCUT2D eigenvalue weighted by molar-refractivity contribution is 7.99. The van der Waals surface area contributed by atoms with E-state index in [4.69, 9.17) is 4.42 Å².